The maximum Gasteiger partial charge on any atom is 0.222 e. The fourth-order valence-electron chi connectivity index (χ4n) is 2.78. The number of halogens is 1. The predicted molar refractivity (Wildman–Crippen MR) is 72.4 cm³/mol. The molecule has 2 fully saturated rings. The highest BCUT2D eigenvalue weighted by molar-refractivity contribution is 5.85. The summed E-state index contributed by atoms with van der Waals surface area (Å²) >= 11 is 0. The lowest BCUT2D eigenvalue weighted by Gasteiger charge is -2.22. The zero-order valence-electron chi connectivity index (χ0n) is 10.8. The van der Waals surface area contributed by atoms with Crippen molar-refractivity contribution in [2.24, 2.45) is 11.8 Å². The summed E-state index contributed by atoms with van der Waals surface area (Å²) in [6.07, 6.45) is 5.61. The van der Waals surface area contributed by atoms with Crippen molar-refractivity contribution in [1.82, 2.24) is 10.2 Å². The summed E-state index contributed by atoms with van der Waals surface area (Å²) in [5.74, 6) is 1.78. The highest BCUT2D eigenvalue weighted by Gasteiger charge is 2.23. The van der Waals surface area contributed by atoms with Crippen LogP contribution in [0.3, 0.4) is 0 Å². The number of hydrogen-bond acceptors (Lipinski definition) is 2. The standard InChI is InChI=1S/C13H24N2O.ClH/c1-11-3-2-7-15(8-5-11)13(16)9-12-4-6-14-10-12;/h11-12,14H,2-10H2,1H3;1H. The van der Waals surface area contributed by atoms with Crippen molar-refractivity contribution >= 4 is 18.3 Å². The van der Waals surface area contributed by atoms with E-state index in [0.29, 0.717) is 11.8 Å². The zero-order valence-corrected chi connectivity index (χ0v) is 11.6. The summed E-state index contributed by atoms with van der Waals surface area (Å²) in [6, 6.07) is 0. The number of likely N-dealkylation sites (tertiary alicyclic amines) is 1. The van der Waals surface area contributed by atoms with Gasteiger partial charge < -0.3 is 10.2 Å². The van der Waals surface area contributed by atoms with Crippen molar-refractivity contribution in [3.8, 4) is 0 Å². The second-order valence-corrected chi connectivity index (χ2v) is 5.48. The molecule has 0 aromatic carbocycles. The Balaban J connectivity index is 0.00000144. The maximum absolute atomic E-state index is 12.1. The summed E-state index contributed by atoms with van der Waals surface area (Å²) in [4.78, 5) is 14.2. The normalized spacial score (nSPS) is 29.6. The molecule has 0 aliphatic carbocycles. The minimum Gasteiger partial charge on any atom is -0.343 e. The number of carbonyl (C=O) groups is 1. The Morgan fingerprint density at radius 3 is 2.82 bits per heavy atom. The van der Waals surface area contributed by atoms with Gasteiger partial charge in [-0.2, -0.15) is 0 Å². The fraction of sp³-hybridized carbons (Fsp3) is 0.923. The summed E-state index contributed by atoms with van der Waals surface area (Å²) < 4.78 is 0. The first-order valence-corrected chi connectivity index (χ1v) is 6.74. The molecule has 0 radical (unpaired) electrons. The average molecular weight is 261 g/mol. The molecule has 2 rings (SSSR count). The van der Waals surface area contributed by atoms with Gasteiger partial charge in [-0.1, -0.05) is 6.92 Å². The number of nitrogens with zero attached hydrogens (tertiary/aromatic N) is 1. The Kier molecular flexibility index (Phi) is 6.28. The monoisotopic (exact) mass is 260 g/mol. The molecule has 2 unspecified atom stereocenters. The van der Waals surface area contributed by atoms with E-state index in [1.165, 1.54) is 25.7 Å². The van der Waals surface area contributed by atoms with Crippen LogP contribution in [0.15, 0.2) is 0 Å². The van der Waals surface area contributed by atoms with Gasteiger partial charge >= 0.3 is 0 Å². The topological polar surface area (TPSA) is 32.3 Å². The van der Waals surface area contributed by atoms with Crippen LogP contribution in [0.5, 0.6) is 0 Å². The van der Waals surface area contributed by atoms with E-state index in [4.69, 9.17) is 0 Å². The second kappa shape index (κ2) is 7.22. The maximum atomic E-state index is 12.1. The van der Waals surface area contributed by atoms with Crippen LogP contribution >= 0.6 is 12.4 Å². The van der Waals surface area contributed by atoms with Crippen molar-refractivity contribution in [3.05, 3.63) is 0 Å². The van der Waals surface area contributed by atoms with Crippen molar-refractivity contribution in [2.75, 3.05) is 26.2 Å². The van der Waals surface area contributed by atoms with E-state index in [0.717, 1.165) is 38.5 Å². The zero-order chi connectivity index (χ0) is 11.4. The largest absolute Gasteiger partial charge is 0.343 e. The summed E-state index contributed by atoms with van der Waals surface area (Å²) in [7, 11) is 0. The van der Waals surface area contributed by atoms with Crippen LogP contribution in [-0.2, 0) is 4.79 Å². The molecule has 2 aliphatic rings. The van der Waals surface area contributed by atoms with Gasteiger partial charge in [0.05, 0.1) is 0 Å². The van der Waals surface area contributed by atoms with Crippen molar-refractivity contribution in [3.63, 3.8) is 0 Å². The van der Waals surface area contributed by atoms with Gasteiger partial charge in [0.1, 0.15) is 0 Å². The van der Waals surface area contributed by atoms with E-state index in [9.17, 15) is 4.79 Å². The lowest BCUT2D eigenvalue weighted by atomic mass is 10.0. The minimum atomic E-state index is 0. The fourth-order valence-corrected chi connectivity index (χ4v) is 2.78. The molecular weight excluding hydrogens is 236 g/mol. The summed E-state index contributed by atoms with van der Waals surface area (Å²) in [5.41, 5.74) is 0. The van der Waals surface area contributed by atoms with E-state index < -0.39 is 0 Å². The Hall–Kier alpha value is -0.280. The van der Waals surface area contributed by atoms with Gasteiger partial charge in [-0.25, -0.2) is 0 Å². The van der Waals surface area contributed by atoms with E-state index in [2.05, 4.69) is 17.1 Å². The van der Waals surface area contributed by atoms with E-state index in [1.807, 2.05) is 0 Å². The first-order chi connectivity index (χ1) is 7.75. The third-order valence-electron chi connectivity index (χ3n) is 4.00. The minimum absolute atomic E-state index is 0. The molecule has 2 aliphatic heterocycles. The first kappa shape index (κ1) is 14.8. The predicted octanol–water partition coefficient (Wildman–Crippen LogP) is 2.06. The number of hydrogen-bond donors (Lipinski definition) is 1. The van der Waals surface area contributed by atoms with Crippen molar-refractivity contribution < 1.29 is 4.79 Å². The third kappa shape index (κ3) is 4.47. The van der Waals surface area contributed by atoms with Gasteiger partial charge in [-0.05, 0) is 50.6 Å². The highest BCUT2D eigenvalue weighted by atomic mass is 35.5. The average Bonchev–Trinajstić information content (AvgIpc) is 2.66. The van der Waals surface area contributed by atoms with E-state index in [-0.39, 0.29) is 12.4 Å². The highest BCUT2D eigenvalue weighted by Crippen LogP contribution is 2.19. The molecule has 0 spiro atoms. The number of carbonyl (C=O) groups excluding carboxylic acids is 1. The van der Waals surface area contributed by atoms with E-state index >= 15 is 0 Å². The molecule has 4 heteroatoms. The number of amides is 1. The molecule has 100 valence electrons. The van der Waals surface area contributed by atoms with Crippen LogP contribution < -0.4 is 5.32 Å². The number of rotatable bonds is 2. The quantitative estimate of drug-likeness (QED) is 0.824. The van der Waals surface area contributed by atoms with Crippen LogP contribution in [0.25, 0.3) is 0 Å². The van der Waals surface area contributed by atoms with Crippen LogP contribution in [-0.4, -0.2) is 37.0 Å². The van der Waals surface area contributed by atoms with Crippen molar-refractivity contribution in [1.29, 1.82) is 0 Å². The second-order valence-electron chi connectivity index (χ2n) is 5.48. The Morgan fingerprint density at radius 2 is 2.12 bits per heavy atom. The van der Waals surface area contributed by atoms with Gasteiger partial charge in [0.15, 0.2) is 0 Å². The molecular formula is C13H25ClN2O. The van der Waals surface area contributed by atoms with Gasteiger partial charge in [0.25, 0.3) is 0 Å². The molecule has 2 atom stereocenters. The van der Waals surface area contributed by atoms with Crippen LogP contribution in [0.2, 0.25) is 0 Å². The molecule has 0 bridgehead atoms. The molecule has 2 saturated heterocycles. The van der Waals surface area contributed by atoms with Gasteiger partial charge in [-0.15, -0.1) is 12.4 Å². The smallest absolute Gasteiger partial charge is 0.222 e. The lowest BCUT2D eigenvalue weighted by Crippen LogP contribution is -2.33. The van der Waals surface area contributed by atoms with Gasteiger partial charge in [0, 0.05) is 19.5 Å². The third-order valence-corrected chi connectivity index (χ3v) is 4.00. The molecule has 1 amide bonds. The molecule has 0 aromatic heterocycles. The van der Waals surface area contributed by atoms with Crippen LogP contribution in [0.4, 0.5) is 0 Å². The Labute approximate surface area is 111 Å². The van der Waals surface area contributed by atoms with Gasteiger partial charge in [-0.3, -0.25) is 4.79 Å². The van der Waals surface area contributed by atoms with Crippen LogP contribution in [0, 0.1) is 11.8 Å². The molecule has 0 saturated carbocycles. The molecule has 1 N–H and O–H groups in total. The SMILES string of the molecule is CC1CCCN(C(=O)CC2CCNC2)CC1.Cl. The molecule has 17 heavy (non-hydrogen) atoms. The molecule has 2 heterocycles. The number of nitrogens with one attached hydrogen (secondary N) is 1. The summed E-state index contributed by atoms with van der Waals surface area (Å²) in [6.45, 7) is 6.41. The molecule has 3 nitrogen and oxygen atoms in total. The lowest BCUT2D eigenvalue weighted by molar-refractivity contribution is -0.132. The van der Waals surface area contributed by atoms with Crippen molar-refractivity contribution in [2.45, 2.75) is 39.0 Å². The summed E-state index contributed by atoms with van der Waals surface area (Å²) in [5, 5.41) is 3.33. The first-order valence-electron chi connectivity index (χ1n) is 6.74. The molecule has 0 aromatic rings. The van der Waals surface area contributed by atoms with Gasteiger partial charge in [0.2, 0.25) is 5.91 Å². The van der Waals surface area contributed by atoms with Crippen LogP contribution in [0.1, 0.15) is 39.0 Å². The van der Waals surface area contributed by atoms with E-state index in [1.54, 1.807) is 0 Å². The Bertz CT molecular complexity index is 242. The Morgan fingerprint density at radius 1 is 1.29 bits per heavy atom.